The van der Waals surface area contributed by atoms with Crippen molar-refractivity contribution in [3.63, 3.8) is 0 Å². The highest BCUT2D eigenvalue weighted by Gasteiger charge is 2.33. The van der Waals surface area contributed by atoms with E-state index < -0.39 is 0 Å². The molecule has 4 aromatic carbocycles. The highest BCUT2D eigenvalue weighted by molar-refractivity contribution is 6.88. The molecule has 0 atom stereocenters. The van der Waals surface area contributed by atoms with Crippen LogP contribution < -0.4 is 0 Å². The van der Waals surface area contributed by atoms with Crippen molar-refractivity contribution >= 4 is 45.6 Å². The molecule has 4 nitrogen and oxygen atoms in total. The highest BCUT2D eigenvalue weighted by atomic mass is 14.9. The summed E-state index contributed by atoms with van der Waals surface area (Å²) in [4.78, 5) is 19.9. The van der Waals surface area contributed by atoms with Crippen molar-refractivity contribution in [3.05, 3.63) is 120 Å². The van der Waals surface area contributed by atoms with Gasteiger partial charge in [-0.05, 0) is 36.4 Å². The average Bonchev–Trinajstić information content (AvgIpc) is 3.39. The summed E-state index contributed by atoms with van der Waals surface area (Å²) >= 11 is 0. The Hall–Kier alpha value is -4.44. The molecular formula is C28H18N4. The van der Waals surface area contributed by atoms with Crippen LogP contribution in [0.4, 0.5) is 22.7 Å². The average molecular weight is 410 g/mol. The molecule has 0 spiro atoms. The van der Waals surface area contributed by atoms with Gasteiger partial charge in [0.2, 0.25) is 0 Å². The van der Waals surface area contributed by atoms with Gasteiger partial charge in [-0.3, -0.25) is 0 Å². The number of benzene rings is 4. The molecule has 0 saturated carbocycles. The maximum atomic E-state index is 4.98. The molecule has 0 aromatic heterocycles. The Morgan fingerprint density at radius 3 is 1.22 bits per heavy atom. The number of fused-ring (bicyclic) bond motifs is 2. The van der Waals surface area contributed by atoms with Crippen molar-refractivity contribution < 1.29 is 0 Å². The van der Waals surface area contributed by atoms with Crippen LogP contribution >= 0.6 is 0 Å². The van der Waals surface area contributed by atoms with Crippen molar-refractivity contribution in [1.29, 1.82) is 0 Å². The minimum Gasteiger partial charge on any atom is -0.246 e. The summed E-state index contributed by atoms with van der Waals surface area (Å²) in [6, 6.07) is 36.1. The van der Waals surface area contributed by atoms with E-state index in [0.717, 1.165) is 56.7 Å². The lowest BCUT2D eigenvalue weighted by atomic mass is 9.99. The van der Waals surface area contributed by atoms with E-state index in [1.54, 1.807) is 0 Å². The minimum atomic E-state index is 0.751. The van der Waals surface area contributed by atoms with Gasteiger partial charge in [-0.1, -0.05) is 72.8 Å². The summed E-state index contributed by atoms with van der Waals surface area (Å²) in [6.45, 7) is 0. The van der Waals surface area contributed by atoms with Gasteiger partial charge in [0.05, 0.1) is 22.7 Å². The Labute approximate surface area is 186 Å². The first-order valence-electron chi connectivity index (χ1n) is 10.5. The quantitative estimate of drug-likeness (QED) is 0.357. The summed E-state index contributed by atoms with van der Waals surface area (Å²) in [6.07, 6.45) is 0. The van der Waals surface area contributed by atoms with Gasteiger partial charge in [-0.15, -0.1) is 0 Å². The van der Waals surface area contributed by atoms with Crippen LogP contribution in [-0.2, 0) is 0 Å². The molecule has 6 rings (SSSR count). The third-order valence-electron chi connectivity index (χ3n) is 5.45. The van der Waals surface area contributed by atoms with Crippen LogP contribution in [0, 0.1) is 0 Å². The predicted molar refractivity (Wildman–Crippen MR) is 132 cm³/mol. The summed E-state index contributed by atoms with van der Waals surface area (Å²) in [7, 11) is 0. The summed E-state index contributed by atoms with van der Waals surface area (Å²) in [5, 5.41) is 0. The topological polar surface area (TPSA) is 49.4 Å². The first-order valence-corrected chi connectivity index (χ1v) is 10.5. The molecule has 0 saturated heterocycles. The number of nitrogens with zero attached hydrogens (tertiary/aromatic N) is 4. The normalized spacial score (nSPS) is 16.6. The zero-order valence-corrected chi connectivity index (χ0v) is 17.2. The third kappa shape index (κ3) is 3.19. The fourth-order valence-electron chi connectivity index (χ4n) is 3.96. The minimum absolute atomic E-state index is 0.751. The molecule has 2 heterocycles. The van der Waals surface area contributed by atoms with Gasteiger partial charge in [-0.25, -0.2) is 20.0 Å². The van der Waals surface area contributed by atoms with E-state index in [0.29, 0.717) is 0 Å². The number of hydrogen-bond donors (Lipinski definition) is 0. The van der Waals surface area contributed by atoms with Crippen LogP contribution in [0.15, 0.2) is 129 Å². The second-order valence-electron chi connectivity index (χ2n) is 7.55. The molecule has 0 bridgehead atoms. The Balaban J connectivity index is 1.54. The molecule has 0 aliphatic carbocycles. The van der Waals surface area contributed by atoms with Crippen LogP contribution in [0.5, 0.6) is 0 Å². The molecule has 0 fully saturated rings. The molecule has 4 aromatic rings. The molecule has 0 unspecified atom stereocenters. The largest absolute Gasteiger partial charge is 0.246 e. The van der Waals surface area contributed by atoms with Crippen molar-refractivity contribution in [2.45, 2.75) is 0 Å². The van der Waals surface area contributed by atoms with E-state index in [4.69, 9.17) is 20.0 Å². The molecule has 0 radical (unpaired) electrons. The lowest BCUT2D eigenvalue weighted by molar-refractivity contribution is 1.51. The van der Waals surface area contributed by atoms with Crippen molar-refractivity contribution in [1.82, 2.24) is 0 Å². The number of aliphatic imine (C=N–C) groups is 4. The highest BCUT2D eigenvalue weighted by Crippen LogP contribution is 2.34. The van der Waals surface area contributed by atoms with E-state index in [1.807, 2.05) is 97.1 Å². The maximum Gasteiger partial charge on any atom is 0.118 e. The molecular weight excluding hydrogens is 392 g/mol. The van der Waals surface area contributed by atoms with Gasteiger partial charge in [0.15, 0.2) is 0 Å². The van der Waals surface area contributed by atoms with E-state index in [-0.39, 0.29) is 0 Å². The summed E-state index contributed by atoms with van der Waals surface area (Å²) in [5.74, 6) is 0. The zero-order valence-electron chi connectivity index (χ0n) is 17.2. The van der Waals surface area contributed by atoms with Gasteiger partial charge < -0.3 is 0 Å². The van der Waals surface area contributed by atoms with E-state index >= 15 is 0 Å². The smallest absolute Gasteiger partial charge is 0.118 e. The van der Waals surface area contributed by atoms with Crippen molar-refractivity contribution in [2.24, 2.45) is 20.0 Å². The van der Waals surface area contributed by atoms with Crippen LogP contribution in [0.25, 0.3) is 0 Å². The van der Waals surface area contributed by atoms with Gasteiger partial charge in [0, 0.05) is 11.1 Å². The molecule has 32 heavy (non-hydrogen) atoms. The van der Waals surface area contributed by atoms with Crippen LogP contribution in [0.2, 0.25) is 0 Å². The lowest BCUT2D eigenvalue weighted by Gasteiger charge is -2.07. The molecule has 0 amide bonds. The number of para-hydroxylation sites is 4. The number of hydrogen-bond acceptors (Lipinski definition) is 4. The Morgan fingerprint density at radius 2 is 0.781 bits per heavy atom. The summed E-state index contributed by atoms with van der Waals surface area (Å²) in [5.41, 5.74) is 8.70. The standard InChI is InChI=1S/C28H18N4/c1-3-11-19(12-4-1)29-25-21-15-7-9-17-23(21)31-27(25)28-26(30-20-13-5-2-6-14-20)22-16-8-10-18-24(22)32-28/h1-18H. The Bertz CT molecular complexity index is 1330. The van der Waals surface area contributed by atoms with E-state index in [2.05, 4.69) is 12.1 Å². The van der Waals surface area contributed by atoms with Crippen molar-refractivity contribution in [3.8, 4) is 0 Å². The molecule has 2 aliphatic rings. The first kappa shape index (κ1) is 18.3. The maximum absolute atomic E-state index is 4.98. The van der Waals surface area contributed by atoms with Gasteiger partial charge in [0.1, 0.15) is 22.8 Å². The van der Waals surface area contributed by atoms with Gasteiger partial charge in [-0.2, -0.15) is 0 Å². The van der Waals surface area contributed by atoms with Crippen LogP contribution in [-0.4, -0.2) is 22.8 Å². The van der Waals surface area contributed by atoms with Crippen LogP contribution in [0.3, 0.4) is 0 Å². The molecule has 0 N–H and O–H groups in total. The second-order valence-corrected chi connectivity index (χ2v) is 7.55. The number of rotatable bonds is 3. The SMILES string of the molecule is c1ccc(N=C2C(C3=Nc4ccccc4C3=Nc3ccccc3)=Nc3ccccc32)cc1. The second kappa shape index (κ2) is 7.67. The van der Waals surface area contributed by atoms with Crippen LogP contribution in [0.1, 0.15) is 11.1 Å². The Morgan fingerprint density at radius 1 is 0.406 bits per heavy atom. The van der Waals surface area contributed by atoms with Gasteiger partial charge in [0.25, 0.3) is 0 Å². The van der Waals surface area contributed by atoms with E-state index in [9.17, 15) is 0 Å². The zero-order chi connectivity index (χ0) is 21.3. The lowest BCUT2D eigenvalue weighted by Crippen LogP contribution is -2.27. The Kier molecular flexibility index (Phi) is 4.40. The fourth-order valence-corrected chi connectivity index (χ4v) is 3.96. The third-order valence-corrected chi connectivity index (χ3v) is 5.45. The predicted octanol–water partition coefficient (Wildman–Crippen LogP) is 6.80. The molecule has 4 heteroatoms. The summed E-state index contributed by atoms with van der Waals surface area (Å²) < 4.78 is 0. The molecule has 150 valence electrons. The monoisotopic (exact) mass is 410 g/mol. The fraction of sp³-hybridized carbons (Fsp3) is 0. The van der Waals surface area contributed by atoms with Crippen molar-refractivity contribution in [2.75, 3.05) is 0 Å². The van der Waals surface area contributed by atoms with E-state index in [1.165, 1.54) is 0 Å². The van der Waals surface area contributed by atoms with Gasteiger partial charge >= 0.3 is 0 Å². The first-order chi connectivity index (χ1) is 15.9. The molecule has 2 aliphatic heterocycles.